The Morgan fingerprint density at radius 1 is 1.08 bits per heavy atom. The second kappa shape index (κ2) is 7.64. The van der Waals surface area contributed by atoms with Gasteiger partial charge in [-0.1, -0.05) is 18.2 Å². The fraction of sp³-hybridized carbons (Fsp3) is 0.263. The van der Waals surface area contributed by atoms with Gasteiger partial charge in [-0.3, -0.25) is 4.79 Å². The van der Waals surface area contributed by atoms with Crippen LogP contribution in [-0.4, -0.2) is 25.1 Å². The number of ether oxygens (including phenoxy) is 2. The van der Waals surface area contributed by atoms with E-state index < -0.39 is 12.1 Å². The molecule has 0 aliphatic carbocycles. The van der Waals surface area contributed by atoms with Crippen LogP contribution in [0.25, 0.3) is 0 Å². The van der Waals surface area contributed by atoms with Gasteiger partial charge in [-0.2, -0.15) is 0 Å². The van der Waals surface area contributed by atoms with Crippen LogP contribution in [0.3, 0.4) is 0 Å². The van der Waals surface area contributed by atoms with Crippen LogP contribution in [0.1, 0.15) is 28.4 Å². The molecular formula is C19H21NO4. The topological polar surface area (TPSA) is 64.6 Å². The minimum absolute atomic E-state index is 0.294. The number of carbonyl (C=O) groups is 2. The lowest BCUT2D eigenvalue weighted by Gasteiger charge is -2.17. The summed E-state index contributed by atoms with van der Waals surface area (Å²) in [6.07, 6.45) is -0.674. The van der Waals surface area contributed by atoms with Crippen molar-refractivity contribution in [1.29, 1.82) is 0 Å². The van der Waals surface area contributed by atoms with Crippen LogP contribution >= 0.6 is 0 Å². The summed E-state index contributed by atoms with van der Waals surface area (Å²) in [4.78, 5) is 23.8. The van der Waals surface area contributed by atoms with E-state index in [9.17, 15) is 9.59 Å². The van der Waals surface area contributed by atoms with E-state index >= 15 is 0 Å². The molecule has 2 aromatic rings. The van der Waals surface area contributed by atoms with Crippen molar-refractivity contribution in [3.8, 4) is 5.75 Å². The van der Waals surface area contributed by atoms with Crippen LogP contribution in [0.5, 0.6) is 5.75 Å². The number of aryl methyl sites for hydroxylation is 2. The number of anilines is 1. The van der Waals surface area contributed by atoms with Crippen molar-refractivity contribution in [3.05, 3.63) is 59.2 Å². The summed E-state index contributed by atoms with van der Waals surface area (Å²) in [6.45, 7) is 5.58. The number of amides is 1. The molecule has 0 radical (unpaired) electrons. The van der Waals surface area contributed by atoms with Crippen molar-refractivity contribution in [3.63, 3.8) is 0 Å². The Balaban J connectivity index is 2.06. The highest BCUT2D eigenvalue weighted by atomic mass is 16.5. The predicted octanol–water partition coefficient (Wildman–Crippen LogP) is 3.50. The number of hydrogen-bond acceptors (Lipinski definition) is 4. The van der Waals surface area contributed by atoms with E-state index in [2.05, 4.69) is 10.1 Å². The van der Waals surface area contributed by atoms with Crippen LogP contribution < -0.4 is 10.1 Å². The van der Waals surface area contributed by atoms with E-state index in [-0.39, 0.29) is 5.91 Å². The summed E-state index contributed by atoms with van der Waals surface area (Å²) in [6, 6.07) is 12.4. The summed E-state index contributed by atoms with van der Waals surface area (Å²) in [5, 5.41) is 2.74. The first-order chi connectivity index (χ1) is 11.4. The zero-order valence-corrected chi connectivity index (χ0v) is 14.3. The first kappa shape index (κ1) is 17.5. The minimum atomic E-state index is -0.674. The normalized spacial score (nSPS) is 11.5. The zero-order chi connectivity index (χ0) is 17.7. The molecule has 2 rings (SSSR count). The summed E-state index contributed by atoms with van der Waals surface area (Å²) in [5.41, 5.74) is 2.92. The molecule has 0 spiro atoms. The van der Waals surface area contributed by atoms with E-state index in [1.54, 1.807) is 31.2 Å². The van der Waals surface area contributed by atoms with Crippen molar-refractivity contribution in [2.24, 2.45) is 0 Å². The van der Waals surface area contributed by atoms with Crippen molar-refractivity contribution < 1.29 is 19.1 Å². The molecule has 1 unspecified atom stereocenters. The number of carbonyl (C=O) groups excluding carboxylic acids is 2. The average molecular weight is 327 g/mol. The van der Waals surface area contributed by atoms with Gasteiger partial charge in [0.25, 0.3) is 5.91 Å². The van der Waals surface area contributed by atoms with E-state index in [0.717, 1.165) is 11.1 Å². The maximum absolute atomic E-state index is 12.3. The molecule has 0 saturated carbocycles. The lowest BCUT2D eigenvalue weighted by molar-refractivity contribution is -0.122. The molecule has 0 saturated heterocycles. The van der Waals surface area contributed by atoms with Crippen molar-refractivity contribution >= 4 is 17.6 Å². The Labute approximate surface area is 141 Å². The largest absolute Gasteiger partial charge is 0.481 e. The van der Waals surface area contributed by atoms with E-state index in [1.807, 2.05) is 32.0 Å². The highest BCUT2D eigenvalue weighted by Crippen LogP contribution is 2.21. The molecule has 126 valence electrons. The van der Waals surface area contributed by atoms with Gasteiger partial charge in [0, 0.05) is 5.69 Å². The van der Waals surface area contributed by atoms with E-state index in [4.69, 9.17) is 4.74 Å². The number of rotatable bonds is 5. The first-order valence-electron chi connectivity index (χ1n) is 7.64. The maximum Gasteiger partial charge on any atom is 0.337 e. The number of nitrogens with one attached hydrogen (secondary N) is 1. The number of esters is 1. The zero-order valence-electron chi connectivity index (χ0n) is 14.3. The van der Waals surface area contributed by atoms with Gasteiger partial charge in [-0.25, -0.2) is 4.79 Å². The number of benzene rings is 2. The molecular weight excluding hydrogens is 306 g/mol. The highest BCUT2D eigenvalue weighted by molar-refractivity contribution is 5.96. The monoisotopic (exact) mass is 327 g/mol. The molecule has 1 N–H and O–H groups in total. The second-order valence-corrected chi connectivity index (χ2v) is 5.59. The van der Waals surface area contributed by atoms with Crippen LogP contribution in [0.2, 0.25) is 0 Å². The Morgan fingerprint density at radius 2 is 1.83 bits per heavy atom. The third-order valence-electron chi connectivity index (χ3n) is 3.57. The standard InChI is InChI=1S/C19H21NO4/c1-12-8-9-13(2)17(10-12)24-14(3)18(21)20-16-7-5-6-15(11-16)19(22)23-4/h5-11,14H,1-4H3,(H,20,21). The Morgan fingerprint density at radius 3 is 2.54 bits per heavy atom. The molecule has 5 heteroatoms. The third kappa shape index (κ3) is 4.35. The lowest BCUT2D eigenvalue weighted by atomic mass is 10.1. The van der Waals surface area contributed by atoms with E-state index in [1.165, 1.54) is 7.11 Å². The third-order valence-corrected chi connectivity index (χ3v) is 3.57. The average Bonchev–Trinajstić information content (AvgIpc) is 2.57. The van der Waals surface area contributed by atoms with Gasteiger partial charge in [0.1, 0.15) is 5.75 Å². The maximum atomic E-state index is 12.3. The molecule has 2 aromatic carbocycles. The Bertz CT molecular complexity index is 755. The molecule has 0 fully saturated rings. The van der Waals surface area contributed by atoms with Gasteiger partial charge in [0.15, 0.2) is 6.10 Å². The second-order valence-electron chi connectivity index (χ2n) is 5.59. The smallest absolute Gasteiger partial charge is 0.337 e. The molecule has 24 heavy (non-hydrogen) atoms. The van der Waals surface area contributed by atoms with Crippen molar-refractivity contribution in [2.45, 2.75) is 26.9 Å². The molecule has 0 bridgehead atoms. The molecule has 0 aliphatic rings. The van der Waals surface area contributed by atoms with Crippen molar-refractivity contribution in [2.75, 3.05) is 12.4 Å². The summed E-state index contributed by atoms with van der Waals surface area (Å²) >= 11 is 0. The number of methoxy groups -OCH3 is 1. The molecule has 1 amide bonds. The first-order valence-corrected chi connectivity index (χ1v) is 7.64. The Kier molecular flexibility index (Phi) is 5.58. The quantitative estimate of drug-likeness (QED) is 0.854. The minimum Gasteiger partial charge on any atom is -0.481 e. The predicted molar refractivity (Wildman–Crippen MR) is 92.4 cm³/mol. The summed E-state index contributed by atoms with van der Waals surface area (Å²) in [5.74, 6) is -0.0651. The van der Waals surface area contributed by atoms with Gasteiger partial charge < -0.3 is 14.8 Å². The fourth-order valence-electron chi connectivity index (χ4n) is 2.16. The van der Waals surface area contributed by atoms with Gasteiger partial charge in [-0.15, -0.1) is 0 Å². The van der Waals surface area contributed by atoms with Gasteiger partial charge in [0.05, 0.1) is 12.7 Å². The summed E-state index contributed by atoms with van der Waals surface area (Å²) in [7, 11) is 1.31. The molecule has 0 aromatic heterocycles. The van der Waals surface area contributed by atoms with Crippen LogP contribution in [-0.2, 0) is 9.53 Å². The molecule has 1 atom stereocenters. The van der Waals surface area contributed by atoms with Crippen LogP contribution in [0, 0.1) is 13.8 Å². The Hall–Kier alpha value is -2.82. The van der Waals surface area contributed by atoms with Crippen LogP contribution in [0.15, 0.2) is 42.5 Å². The molecule has 0 heterocycles. The SMILES string of the molecule is COC(=O)c1cccc(NC(=O)C(C)Oc2cc(C)ccc2C)c1. The summed E-state index contributed by atoms with van der Waals surface area (Å²) < 4.78 is 10.4. The van der Waals surface area contributed by atoms with Gasteiger partial charge >= 0.3 is 5.97 Å². The number of hydrogen-bond donors (Lipinski definition) is 1. The molecule has 5 nitrogen and oxygen atoms in total. The molecule has 0 aliphatic heterocycles. The van der Waals surface area contributed by atoms with Gasteiger partial charge in [-0.05, 0) is 56.2 Å². The highest BCUT2D eigenvalue weighted by Gasteiger charge is 2.16. The van der Waals surface area contributed by atoms with Crippen molar-refractivity contribution in [1.82, 2.24) is 0 Å². The fourth-order valence-corrected chi connectivity index (χ4v) is 2.16. The van der Waals surface area contributed by atoms with E-state index in [0.29, 0.717) is 17.0 Å². The van der Waals surface area contributed by atoms with Crippen LogP contribution in [0.4, 0.5) is 5.69 Å². The lowest BCUT2D eigenvalue weighted by Crippen LogP contribution is -2.30. The van der Waals surface area contributed by atoms with Gasteiger partial charge in [0.2, 0.25) is 0 Å².